The van der Waals surface area contributed by atoms with E-state index in [-0.39, 0.29) is 22.8 Å². The maximum atomic E-state index is 12.1. The molecule has 0 bridgehead atoms. The van der Waals surface area contributed by atoms with Crippen LogP contribution >= 0.6 is 0 Å². The number of nitrogens with zero attached hydrogens (tertiary/aromatic N) is 1. The summed E-state index contributed by atoms with van der Waals surface area (Å²) in [5.74, 6) is -0.715. The van der Waals surface area contributed by atoms with Gasteiger partial charge >= 0.3 is 5.69 Å². The second kappa shape index (κ2) is 3.72. The van der Waals surface area contributed by atoms with E-state index in [4.69, 9.17) is 5.73 Å². The smallest absolute Gasteiger partial charge is 0.327 e. The fourth-order valence-electron chi connectivity index (χ4n) is 2.84. The van der Waals surface area contributed by atoms with Crippen LogP contribution in [0.1, 0.15) is 17.3 Å². The molecule has 2 heterocycles. The molecule has 3 N–H and O–H groups in total. The topological polar surface area (TPSA) is 115 Å². The molecule has 3 rings (SSSR count). The Bertz CT molecular complexity index is 879. The van der Waals surface area contributed by atoms with Gasteiger partial charge in [-0.2, -0.15) is 0 Å². The van der Waals surface area contributed by atoms with E-state index in [1.807, 2.05) is 0 Å². The molecule has 0 saturated carbocycles. The predicted molar refractivity (Wildman–Crippen MR) is 73.4 cm³/mol. The van der Waals surface area contributed by atoms with Crippen LogP contribution < -0.4 is 11.4 Å². The normalized spacial score (nSPS) is 19.6. The number of nitrogens with two attached hydrogens (primary N) is 1. The number of imidazole rings is 1. The highest BCUT2D eigenvalue weighted by molar-refractivity contribution is 7.92. The molecule has 0 unspecified atom stereocenters. The highest BCUT2D eigenvalue weighted by Crippen LogP contribution is 2.32. The Balaban J connectivity index is 2.20. The summed E-state index contributed by atoms with van der Waals surface area (Å²) in [5, 5.41) is 0. The SMILES string of the molecule is CC1(n2c(=O)[nH]c3cc(C(N)=O)ccc32)CS(=O)(=O)C1. The van der Waals surface area contributed by atoms with Gasteiger partial charge in [-0.1, -0.05) is 0 Å². The number of carbonyl (C=O) groups is 1. The van der Waals surface area contributed by atoms with Crippen molar-refractivity contribution < 1.29 is 13.2 Å². The minimum absolute atomic E-state index is 0.0650. The third-order valence-electron chi connectivity index (χ3n) is 3.57. The molecule has 106 valence electrons. The van der Waals surface area contributed by atoms with Gasteiger partial charge in [0.25, 0.3) is 0 Å². The van der Waals surface area contributed by atoms with E-state index >= 15 is 0 Å². The Hall–Kier alpha value is -2.09. The average molecular weight is 295 g/mol. The highest BCUT2D eigenvalue weighted by atomic mass is 32.2. The molecular weight excluding hydrogens is 282 g/mol. The van der Waals surface area contributed by atoms with E-state index in [9.17, 15) is 18.0 Å². The number of sulfone groups is 1. The Morgan fingerprint density at radius 1 is 1.40 bits per heavy atom. The van der Waals surface area contributed by atoms with Gasteiger partial charge < -0.3 is 10.7 Å². The number of fused-ring (bicyclic) bond motifs is 1. The maximum Gasteiger partial charge on any atom is 0.327 e. The second-order valence-corrected chi connectivity index (χ2v) is 7.46. The van der Waals surface area contributed by atoms with Crippen molar-refractivity contribution in [2.24, 2.45) is 5.73 Å². The molecule has 1 saturated heterocycles. The van der Waals surface area contributed by atoms with Gasteiger partial charge in [0.15, 0.2) is 9.84 Å². The average Bonchev–Trinajstić information content (AvgIpc) is 2.60. The number of primary amides is 1. The summed E-state index contributed by atoms with van der Waals surface area (Å²) in [6.45, 7) is 1.73. The first-order chi connectivity index (χ1) is 9.22. The third-order valence-corrected chi connectivity index (χ3v) is 5.69. The third kappa shape index (κ3) is 1.75. The van der Waals surface area contributed by atoms with Crippen LogP contribution in [-0.4, -0.2) is 35.4 Å². The fourth-order valence-corrected chi connectivity index (χ4v) is 4.90. The Morgan fingerprint density at radius 2 is 2.05 bits per heavy atom. The molecule has 8 heteroatoms. The molecule has 1 fully saturated rings. The summed E-state index contributed by atoms with van der Waals surface area (Å²) >= 11 is 0. The van der Waals surface area contributed by atoms with E-state index in [0.717, 1.165) is 0 Å². The molecular formula is C12H13N3O4S. The number of amides is 1. The zero-order valence-corrected chi connectivity index (χ0v) is 11.5. The Kier molecular flexibility index (Phi) is 2.40. The standard InChI is InChI=1S/C12H13N3O4S/c1-12(5-20(18,19)6-12)15-9-3-2-7(10(13)16)4-8(9)14-11(15)17/h2-4H,5-6H2,1H3,(H2,13,16)(H,14,17). The number of hydrogen-bond acceptors (Lipinski definition) is 4. The molecule has 20 heavy (non-hydrogen) atoms. The van der Waals surface area contributed by atoms with Crippen molar-refractivity contribution >= 4 is 26.8 Å². The maximum absolute atomic E-state index is 12.1. The quantitative estimate of drug-likeness (QED) is 0.782. The number of carbonyl (C=O) groups excluding carboxylic acids is 1. The Labute approximate surface area is 114 Å². The van der Waals surface area contributed by atoms with E-state index in [1.54, 1.807) is 13.0 Å². The van der Waals surface area contributed by atoms with E-state index in [2.05, 4.69) is 4.98 Å². The molecule has 0 atom stereocenters. The van der Waals surface area contributed by atoms with Crippen LogP contribution in [0.15, 0.2) is 23.0 Å². The first-order valence-electron chi connectivity index (χ1n) is 5.97. The number of benzene rings is 1. The lowest BCUT2D eigenvalue weighted by Gasteiger charge is -2.38. The Morgan fingerprint density at radius 3 is 2.60 bits per heavy atom. The van der Waals surface area contributed by atoms with Gasteiger partial charge in [0, 0.05) is 5.56 Å². The van der Waals surface area contributed by atoms with Gasteiger partial charge in [0.2, 0.25) is 5.91 Å². The molecule has 0 radical (unpaired) electrons. The summed E-state index contributed by atoms with van der Waals surface area (Å²) in [7, 11) is -3.07. The van der Waals surface area contributed by atoms with Crippen LogP contribution in [0, 0.1) is 0 Å². The largest absolute Gasteiger partial charge is 0.366 e. The van der Waals surface area contributed by atoms with Crippen LogP contribution in [-0.2, 0) is 15.4 Å². The number of aromatic nitrogens is 2. The van der Waals surface area contributed by atoms with Crippen molar-refractivity contribution in [3.05, 3.63) is 34.2 Å². The van der Waals surface area contributed by atoms with Crippen LogP contribution in [0.3, 0.4) is 0 Å². The molecule has 1 aromatic carbocycles. The zero-order chi connectivity index (χ0) is 14.7. The minimum Gasteiger partial charge on any atom is -0.366 e. The molecule has 0 spiro atoms. The predicted octanol–water partition coefficient (Wildman–Crippen LogP) is -0.428. The van der Waals surface area contributed by atoms with Gasteiger partial charge in [-0.15, -0.1) is 0 Å². The van der Waals surface area contributed by atoms with Crippen molar-refractivity contribution in [2.45, 2.75) is 12.5 Å². The van der Waals surface area contributed by atoms with Crippen LogP contribution in [0.25, 0.3) is 11.0 Å². The van der Waals surface area contributed by atoms with Crippen LogP contribution in [0.4, 0.5) is 0 Å². The molecule has 1 amide bonds. The molecule has 1 aromatic heterocycles. The summed E-state index contributed by atoms with van der Waals surface area (Å²) < 4.78 is 24.2. The van der Waals surface area contributed by atoms with Crippen LogP contribution in [0.5, 0.6) is 0 Å². The van der Waals surface area contributed by atoms with Crippen molar-refractivity contribution in [1.29, 1.82) is 0 Å². The first-order valence-corrected chi connectivity index (χ1v) is 7.79. The molecule has 0 aliphatic carbocycles. The number of aromatic amines is 1. The summed E-state index contributed by atoms with van der Waals surface area (Å²) in [4.78, 5) is 25.8. The second-order valence-electron chi connectivity index (χ2n) is 5.39. The summed E-state index contributed by atoms with van der Waals surface area (Å²) in [6.07, 6.45) is 0. The highest BCUT2D eigenvalue weighted by Gasteiger charge is 2.47. The number of hydrogen-bond donors (Lipinski definition) is 2. The number of rotatable bonds is 2. The number of H-pyrrole nitrogens is 1. The molecule has 2 aromatic rings. The monoisotopic (exact) mass is 295 g/mol. The van der Waals surface area contributed by atoms with Crippen molar-refractivity contribution in [3.8, 4) is 0 Å². The van der Waals surface area contributed by atoms with E-state index in [1.165, 1.54) is 16.7 Å². The van der Waals surface area contributed by atoms with Gasteiger partial charge in [-0.25, -0.2) is 13.2 Å². The summed E-state index contributed by atoms with van der Waals surface area (Å²) in [6, 6.07) is 4.61. The van der Waals surface area contributed by atoms with Crippen molar-refractivity contribution in [1.82, 2.24) is 9.55 Å². The lowest BCUT2D eigenvalue weighted by molar-refractivity contribution is 0.100. The molecule has 1 aliphatic rings. The first kappa shape index (κ1) is 12.9. The van der Waals surface area contributed by atoms with Crippen molar-refractivity contribution in [3.63, 3.8) is 0 Å². The fraction of sp³-hybridized carbons (Fsp3) is 0.333. The molecule has 1 aliphatic heterocycles. The van der Waals surface area contributed by atoms with Gasteiger partial charge in [0.1, 0.15) is 0 Å². The molecule has 7 nitrogen and oxygen atoms in total. The van der Waals surface area contributed by atoms with Gasteiger partial charge in [-0.3, -0.25) is 9.36 Å². The van der Waals surface area contributed by atoms with Gasteiger partial charge in [-0.05, 0) is 25.1 Å². The minimum atomic E-state index is -3.07. The van der Waals surface area contributed by atoms with Crippen molar-refractivity contribution in [2.75, 3.05) is 11.5 Å². The summed E-state index contributed by atoms with van der Waals surface area (Å²) in [5.41, 5.74) is 5.38. The zero-order valence-electron chi connectivity index (χ0n) is 10.7. The lowest BCUT2D eigenvalue weighted by atomic mass is 10.1. The van der Waals surface area contributed by atoms with E-state index < -0.39 is 21.3 Å². The van der Waals surface area contributed by atoms with E-state index in [0.29, 0.717) is 11.0 Å². The van der Waals surface area contributed by atoms with Crippen LogP contribution in [0.2, 0.25) is 0 Å². The number of nitrogens with one attached hydrogen (secondary N) is 1. The lowest BCUT2D eigenvalue weighted by Crippen LogP contribution is -2.56. The van der Waals surface area contributed by atoms with Gasteiger partial charge in [0.05, 0.1) is 28.1 Å².